The molecular weight excluding hydrogens is 366 g/mol. The van der Waals surface area contributed by atoms with Gasteiger partial charge in [-0.1, -0.05) is 42.5 Å². The normalized spacial score (nSPS) is 16.0. The van der Waals surface area contributed by atoms with E-state index >= 15 is 0 Å². The van der Waals surface area contributed by atoms with Crippen molar-refractivity contribution < 1.29 is 14.4 Å². The van der Waals surface area contributed by atoms with Gasteiger partial charge in [-0.25, -0.2) is 0 Å². The lowest BCUT2D eigenvalue weighted by atomic mass is 10.1. The largest absolute Gasteiger partial charge is 0.349 e. The molecule has 29 heavy (non-hydrogen) atoms. The topological polar surface area (TPSA) is 69.7 Å². The fourth-order valence-electron chi connectivity index (χ4n) is 3.36. The van der Waals surface area contributed by atoms with Gasteiger partial charge in [-0.3, -0.25) is 14.4 Å². The average Bonchev–Trinajstić information content (AvgIpc) is 3.09. The highest BCUT2D eigenvalue weighted by molar-refractivity contribution is 5.97. The van der Waals surface area contributed by atoms with Gasteiger partial charge in [0.05, 0.1) is 12.3 Å². The second kappa shape index (κ2) is 9.37. The molecule has 0 aliphatic carbocycles. The molecule has 2 aromatic rings. The highest BCUT2D eigenvalue weighted by atomic mass is 16.2. The van der Waals surface area contributed by atoms with Crippen LogP contribution in [-0.4, -0.2) is 54.7 Å². The first-order valence-electron chi connectivity index (χ1n) is 9.84. The molecule has 2 aromatic carbocycles. The Morgan fingerprint density at radius 2 is 1.72 bits per heavy atom. The molecule has 1 heterocycles. The van der Waals surface area contributed by atoms with Crippen molar-refractivity contribution in [2.24, 2.45) is 5.92 Å². The molecule has 0 radical (unpaired) electrons. The number of nitrogens with one attached hydrogen (secondary N) is 1. The van der Waals surface area contributed by atoms with E-state index in [0.29, 0.717) is 25.2 Å². The Kier molecular flexibility index (Phi) is 6.65. The predicted molar refractivity (Wildman–Crippen MR) is 112 cm³/mol. The highest BCUT2D eigenvalue weighted by Gasteiger charge is 2.34. The molecule has 1 N–H and O–H groups in total. The molecule has 1 unspecified atom stereocenters. The van der Waals surface area contributed by atoms with Crippen LogP contribution in [0.4, 0.5) is 5.69 Å². The zero-order chi connectivity index (χ0) is 20.8. The lowest BCUT2D eigenvalue weighted by Gasteiger charge is -2.16. The average molecular weight is 393 g/mol. The van der Waals surface area contributed by atoms with E-state index in [4.69, 9.17) is 0 Å². The summed E-state index contributed by atoms with van der Waals surface area (Å²) in [7, 11) is 3.45. The summed E-state index contributed by atoms with van der Waals surface area (Å²) in [6.07, 6.45) is 1.36. The first kappa shape index (κ1) is 20.6. The van der Waals surface area contributed by atoms with Gasteiger partial charge < -0.3 is 15.1 Å². The lowest BCUT2D eigenvalue weighted by molar-refractivity contribution is -0.128. The van der Waals surface area contributed by atoms with Crippen molar-refractivity contribution in [1.82, 2.24) is 9.80 Å². The van der Waals surface area contributed by atoms with Crippen LogP contribution in [0.1, 0.15) is 17.5 Å². The number of carbonyl (C=O) groups is 3. The Hall–Kier alpha value is -3.15. The Morgan fingerprint density at radius 1 is 1.03 bits per heavy atom. The van der Waals surface area contributed by atoms with Gasteiger partial charge in [-0.05, 0) is 29.7 Å². The van der Waals surface area contributed by atoms with Gasteiger partial charge in [0.1, 0.15) is 0 Å². The van der Waals surface area contributed by atoms with Crippen LogP contribution < -0.4 is 5.32 Å². The number of carbonyl (C=O) groups excluding carboxylic acids is 3. The summed E-state index contributed by atoms with van der Waals surface area (Å²) in [5, 5.41) is 2.89. The van der Waals surface area contributed by atoms with Gasteiger partial charge in [-0.2, -0.15) is 0 Å². The Morgan fingerprint density at radius 3 is 2.38 bits per heavy atom. The summed E-state index contributed by atoms with van der Waals surface area (Å²) in [5.74, 6) is -0.425. The molecule has 0 aromatic heterocycles. The van der Waals surface area contributed by atoms with Crippen molar-refractivity contribution in [2.75, 3.05) is 32.5 Å². The van der Waals surface area contributed by atoms with E-state index in [9.17, 15) is 14.4 Å². The predicted octanol–water partition coefficient (Wildman–Crippen LogP) is 2.35. The highest BCUT2D eigenvalue weighted by Crippen LogP contribution is 2.21. The fourth-order valence-corrected chi connectivity index (χ4v) is 3.36. The van der Waals surface area contributed by atoms with E-state index in [1.807, 2.05) is 42.5 Å². The molecule has 1 fully saturated rings. The minimum absolute atomic E-state index is 0.0265. The van der Waals surface area contributed by atoms with Crippen LogP contribution in [0.15, 0.2) is 54.6 Å². The second-order valence-electron chi connectivity index (χ2n) is 7.63. The summed E-state index contributed by atoms with van der Waals surface area (Å²) in [4.78, 5) is 40.0. The summed E-state index contributed by atoms with van der Waals surface area (Å²) < 4.78 is 0. The molecule has 1 aliphatic heterocycles. The minimum Gasteiger partial charge on any atom is -0.349 e. The number of rotatable bonds is 7. The number of likely N-dealkylation sites (tertiary alicyclic amines) is 1. The third-order valence-electron chi connectivity index (χ3n) is 5.17. The molecular formula is C23H27N3O3. The van der Waals surface area contributed by atoms with E-state index in [2.05, 4.69) is 5.32 Å². The zero-order valence-corrected chi connectivity index (χ0v) is 16.9. The third kappa shape index (κ3) is 5.67. The minimum atomic E-state index is -0.340. The zero-order valence-electron chi connectivity index (χ0n) is 16.9. The van der Waals surface area contributed by atoms with Gasteiger partial charge in [0, 0.05) is 39.3 Å². The quantitative estimate of drug-likeness (QED) is 0.785. The van der Waals surface area contributed by atoms with E-state index in [1.165, 1.54) is 5.56 Å². The maximum Gasteiger partial charge on any atom is 0.229 e. The Bertz CT molecular complexity index is 863. The number of likely N-dealkylation sites (N-methyl/N-ethyl adjacent to an activating group) is 1. The molecule has 0 spiro atoms. The summed E-state index contributed by atoms with van der Waals surface area (Å²) in [5.41, 5.74) is 2.75. The number of anilines is 1. The van der Waals surface area contributed by atoms with E-state index in [-0.39, 0.29) is 30.1 Å². The molecule has 1 aliphatic rings. The van der Waals surface area contributed by atoms with Crippen LogP contribution in [0.25, 0.3) is 0 Å². The van der Waals surface area contributed by atoms with Crippen molar-refractivity contribution in [1.29, 1.82) is 0 Å². The van der Waals surface area contributed by atoms with Crippen molar-refractivity contribution >= 4 is 23.4 Å². The molecule has 1 saturated heterocycles. The van der Waals surface area contributed by atoms with Crippen molar-refractivity contribution in [3.63, 3.8) is 0 Å². The number of benzene rings is 2. The van der Waals surface area contributed by atoms with E-state index in [1.54, 1.807) is 36.0 Å². The van der Waals surface area contributed by atoms with Gasteiger partial charge in [0.25, 0.3) is 0 Å². The SMILES string of the molecule is CN(C)C(=O)Cc1ccc(NC(=O)C2CC(=O)N(CCc3ccccc3)C2)cc1. The lowest BCUT2D eigenvalue weighted by Crippen LogP contribution is -2.30. The van der Waals surface area contributed by atoms with Gasteiger partial charge in [0.2, 0.25) is 17.7 Å². The van der Waals surface area contributed by atoms with Crippen molar-refractivity contribution in [3.8, 4) is 0 Å². The second-order valence-corrected chi connectivity index (χ2v) is 7.63. The van der Waals surface area contributed by atoms with E-state index in [0.717, 1.165) is 12.0 Å². The number of nitrogens with zero attached hydrogens (tertiary/aromatic N) is 2. The number of hydrogen-bond acceptors (Lipinski definition) is 3. The number of amides is 3. The Labute approximate surface area is 171 Å². The van der Waals surface area contributed by atoms with Crippen LogP contribution in [0.2, 0.25) is 0 Å². The maximum atomic E-state index is 12.6. The number of hydrogen-bond donors (Lipinski definition) is 1. The van der Waals surface area contributed by atoms with Gasteiger partial charge in [-0.15, -0.1) is 0 Å². The van der Waals surface area contributed by atoms with Crippen LogP contribution in [0.3, 0.4) is 0 Å². The maximum absolute atomic E-state index is 12.6. The van der Waals surface area contributed by atoms with E-state index < -0.39 is 0 Å². The Balaban J connectivity index is 1.50. The van der Waals surface area contributed by atoms with Crippen LogP contribution in [0, 0.1) is 5.92 Å². The molecule has 6 heteroatoms. The molecule has 0 bridgehead atoms. The molecule has 0 saturated carbocycles. The van der Waals surface area contributed by atoms with Crippen molar-refractivity contribution in [3.05, 3.63) is 65.7 Å². The molecule has 152 valence electrons. The summed E-state index contributed by atoms with van der Waals surface area (Å²) in [6.45, 7) is 1.08. The first-order valence-corrected chi connectivity index (χ1v) is 9.84. The van der Waals surface area contributed by atoms with Crippen LogP contribution in [0.5, 0.6) is 0 Å². The first-order chi connectivity index (χ1) is 13.9. The van der Waals surface area contributed by atoms with Crippen LogP contribution in [-0.2, 0) is 27.2 Å². The third-order valence-corrected chi connectivity index (χ3v) is 5.17. The van der Waals surface area contributed by atoms with Crippen LogP contribution >= 0.6 is 0 Å². The van der Waals surface area contributed by atoms with Gasteiger partial charge >= 0.3 is 0 Å². The monoisotopic (exact) mass is 393 g/mol. The molecule has 1 atom stereocenters. The summed E-state index contributed by atoms with van der Waals surface area (Å²) in [6, 6.07) is 17.3. The standard InChI is InChI=1S/C23H27N3O3/c1-25(2)21(27)14-18-8-10-20(11-9-18)24-23(29)19-15-22(28)26(16-19)13-12-17-6-4-3-5-7-17/h3-11,19H,12-16H2,1-2H3,(H,24,29). The molecule has 3 rings (SSSR count). The van der Waals surface area contributed by atoms with Gasteiger partial charge in [0.15, 0.2) is 0 Å². The molecule has 3 amide bonds. The smallest absolute Gasteiger partial charge is 0.229 e. The summed E-state index contributed by atoms with van der Waals surface area (Å²) >= 11 is 0. The van der Waals surface area contributed by atoms with Crippen molar-refractivity contribution in [2.45, 2.75) is 19.3 Å². The fraction of sp³-hybridized carbons (Fsp3) is 0.348. The molecule has 6 nitrogen and oxygen atoms in total.